The van der Waals surface area contributed by atoms with Crippen LogP contribution in [0.25, 0.3) is 49.8 Å². The van der Waals surface area contributed by atoms with E-state index in [1.54, 1.807) is 6.08 Å². The molecule has 2 aromatic heterocycles. The topological polar surface area (TPSA) is 9.86 Å². The van der Waals surface area contributed by atoms with Crippen molar-refractivity contribution in [1.29, 1.82) is 0 Å². The molecule has 0 saturated heterocycles. The molecule has 0 N–H and O–H groups in total. The highest BCUT2D eigenvalue weighted by molar-refractivity contribution is 6.25. The summed E-state index contributed by atoms with van der Waals surface area (Å²) in [6.45, 7) is 3.73. The summed E-state index contributed by atoms with van der Waals surface area (Å²) in [6, 6.07) is 21.8. The number of benzene rings is 3. The summed E-state index contributed by atoms with van der Waals surface area (Å²) in [5, 5.41) is 5.19. The third-order valence-electron chi connectivity index (χ3n) is 5.33. The maximum absolute atomic E-state index is 3.73. The highest BCUT2D eigenvalue weighted by atomic mass is 15.0. The van der Waals surface area contributed by atoms with Crippen LogP contribution >= 0.6 is 0 Å². The van der Waals surface area contributed by atoms with Crippen molar-refractivity contribution in [2.24, 2.45) is 7.05 Å². The minimum absolute atomic E-state index is 1.22. The highest BCUT2D eigenvalue weighted by Gasteiger charge is 2.16. The van der Waals surface area contributed by atoms with Crippen molar-refractivity contribution >= 4 is 49.8 Å². The minimum atomic E-state index is 1.22. The normalized spacial score (nSPS) is 12.5. The van der Waals surface area contributed by atoms with Gasteiger partial charge in [0.2, 0.25) is 0 Å². The van der Waals surface area contributed by atoms with Crippen LogP contribution in [0.4, 0.5) is 0 Å². The Morgan fingerprint density at radius 2 is 1.44 bits per heavy atom. The lowest BCUT2D eigenvalue weighted by Gasteiger charge is -2.02. The quantitative estimate of drug-likeness (QED) is 0.323. The number of rotatable bonds is 3. The SMILES string of the molecule is C=C/C=C\C=C/n1c2ccccc2c2c3c(ccc21)c1ccccc1n3C. The first-order chi connectivity index (χ1) is 13.3. The zero-order valence-electron chi connectivity index (χ0n) is 15.3. The van der Waals surface area contributed by atoms with Gasteiger partial charge in [0.25, 0.3) is 0 Å². The largest absolute Gasteiger partial charge is 0.343 e. The Bertz CT molecular complexity index is 1390. The third-order valence-corrected chi connectivity index (χ3v) is 5.33. The number of hydrogen-bond acceptors (Lipinski definition) is 0. The van der Waals surface area contributed by atoms with Crippen LogP contribution in [0.2, 0.25) is 0 Å². The summed E-state index contributed by atoms with van der Waals surface area (Å²) in [7, 11) is 2.17. The van der Waals surface area contributed by atoms with Gasteiger partial charge in [-0.3, -0.25) is 0 Å². The Kier molecular flexibility index (Phi) is 3.51. The summed E-state index contributed by atoms with van der Waals surface area (Å²) in [5.74, 6) is 0. The van der Waals surface area contributed by atoms with E-state index < -0.39 is 0 Å². The first kappa shape index (κ1) is 15.7. The minimum Gasteiger partial charge on any atom is -0.343 e. The fourth-order valence-corrected chi connectivity index (χ4v) is 4.19. The van der Waals surface area contributed by atoms with Gasteiger partial charge >= 0.3 is 0 Å². The molecule has 0 fully saturated rings. The van der Waals surface area contributed by atoms with E-state index in [1.165, 1.54) is 43.6 Å². The summed E-state index contributed by atoms with van der Waals surface area (Å²) in [4.78, 5) is 0. The van der Waals surface area contributed by atoms with Crippen LogP contribution in [-0.4, -0.2) is 9.13 Å². The predicted octanol–water partition coefficient (Wildman–Crippen LogP) is 6.65. The van der Waals surface area contributed by atoms with Gasteiger partial charge in [-0.1, -0.05) is 67.3 Å². The van der Waals surface area contributed by atoms with E-state index in [4.69, 9.17) is 0 Å². The van der Waals surface area contributed by atoms with Gasteiger partial charge in [0.05, 0.1) is 16.6 Å². The van der Waals surface area contributed by atoms with E-state index >= 15 is 0 Å². The predicted molar refractivity (Wildman–Crippen MR) is 118 cm³/mol. The van der Waals surface area contributed by atoms with Gasteiger partial charge in [0.15, 0.2) is 0 Å². The number of aryl methyl sites for hydroxylation is 1. The van der Waals surface area contributed by atoms with Gasteiger partial charge in [0.1, 0.15) is 0 Å². The molecule has 0 spiro atoms. The number of nitrogens with zero attached hydrogens (tertiary/aromatic N) is 2. The van der Waals surface area contributed by atoms with E-state index in [1.807, 2.05) is 12.2 Å². The lowest BCUT2D eigenvalue weighted by atomic mass is 10.1. The van der Waals surface area contributed by atoms with Crippen molar-refractivity contribution in [1.82, 2.24) is 9.13 Å². The zero-order chi connectivity index (χ0) is 18.4. The van der Waals surface area contributed by atoms with Gasteiger partial charge in [-0.2, -0.15) is 0 Å². The van der Waals surface area contributed by atoms with E-state index in [0.29, 0.717) is 0 Å². The molecule has 0 aliphatic rings. The van der Waals surface area contributed by atoms with Crippen molar-refractivity contribution in [3.63, 3.8) is 0 Å². The van der Waals surface area contributed by atoms with Crippen LogP contribution in [0, 0.1) is 0 Å². The monoisotopic (exact) mass is 348 g/mol. The number of allylic oxidation sites excluding steroid dienone is 4. The summed E-state index contributed by atoms with van der Waals surface area (Å²) >= 11 is 0. The summed E-state index contributed by atoms with van der Waals surface area (Å²) in [5.41, 5.74) is 4.99. The van der Waals surface area contributed by atoms with Crippen molar-refractivity contribution in [3.05, 3.63) is 91.5 Å². The Morgan fingerprint density at radius 1 is 0.704 bits per heavy atom. The molecule has 0 atom stereocenters. The smallest absolute Gasteiger partial charge is 0.0590 e. The molecule has 0 aliphatic heterocycles. The zero-order valence-corrected chi connectivity index (χ0v) is 15.3. The molecule has 27 heavy (non-hydrogen) atoms. The second-order valence-electron chi connectivity index (χ2n) is 6.78. The molecule has 130 valence electrons. The highest BCUT2D eigenvalue weighted by Crippen LogP contribution is 2.38. The fourth-order valence-electron chi connectivity index (χ4n) is 4.19. The van der Waals surface area contributed by atoms with Crippen molar-refractivity contribution in [3.8, 4) is 0 Å². The van der Waals surface area contributed by atoms with Crippen LogP contribution in [0.5, 0.6) is 0 Å². The number of hydrogen-bond donors (Lipinski definition) is 0. The number of aromatic nitrogens is 2. The van der Waals surface area contributed by atoms with Crippen LogP contribution < -0.4 is 0 Å². The van der Waals surface area contributed by atoms with Gasteiger partial charge in [-0.15, -0.1) is 0 Å². The van der Waals surface area contributed by atoms with Crippen LogP contribution in [0.1, 0.15) is 0 Å². The van der Waals surface area contributed by atoms with Gasteiger partial charge < -0.3 is 9.13 Å². The lowest BCUT2D eigenvalue weighted by Crippen LogP contribution is -1.88. The van der Waals surface area contributed by atoms with E-state index in [2.05, 4.69) is 95.7 Å². The van der Waals surface area contributed by atoms with Crippen LogP contribution in [0.3, 0.4) is 0 Å². The maximum Gasteiger partial charge on any atom is 0.0590 e. The van der Waals surface area contributed by atoms with Crippen molar-refractivity contribution < 1.29 is 0 Å². The Labute approximate surface area is 157 Å². The lowest BCUT2D eigenvalue weighted by molar-refractivity contribution is 1.02. The van der Waals surface area contributed by atoms with E-state index in [-0.39, 0.29) is 0 Å². The van der Waals surface area contributed by atoms with Crippen molar-refractivity contribution in [2.45, 2.75) is 0 Å². The molecule has 0 saturated carbocycles. The molecule has 0 radical (unpaired) electrons. The molecule has 5 aromatic rings. The second kappa shape index (κ2) is 6.03. The molecule has 3 aromatic carbocycles. The molecule has 0 bridgehead atoms. The molecular formula is C25H20N2. The molecule has 0 amide bonds. The second-order valence-corrected chi connectivity index (χ2v) is 6.78. The Morgan fingerprint density at radius 3 is 2.26 bits per heavy atom. The molecule has 0 unspecified atom stereocenters. The maximum atomic E-state index is 3.73. The number of para-hydroxylation sites is 2. The van der Waals surface area contributed by atoms with Crippen LogP contribution in [-0.2, 0) is 7.05 Å². The number of fused-ring (bicyclic) bond motifs is 7. The molecular weight excluding hydrogens is 328 g/mol. The molecule has 5 rings (SSSR count). The molecule has 2 heterocycles. The third kappa shape index (κ3) is 2.20. The van der Waals surface area contributed by atoms with Crippen molar-refractivity contribution in [2.75, 3.05) is 0 Å². The average molecular weight is 348 g/mol. The summed E-state index contributed by atoms with van der Waals surface area (Å²) < 4.78 is 4.60. The van der Waals surface area contributed by atoms with E-state index in [0.717, 1.165) is 0 Å². The fraction of sp³-hybridized carbons (Fsp3) is 0.0400. The first-order valence-corrected chi connectivity index (χ1v) is 9.16. The van der Waals surface area contributed by atoms with E-state index in [9.17, 15) is 0 Å². The van der Waals surface area contributed by atoms with Gasteiger partial charge in [-0.05, 0) is 24.3 Å². The van der Waals surface area contributed by atoms with Gasteiger partial charge in [0, 0.05) is 40.3 Å². The standard InChI is InChI=1S/C25H20N2/c1-3-4-5-10-17-27-22-14-9-7-12-20(22)24-23(27)16-15-19-18-11-6-8-13-21(18)26(2)25(19)24/h3-17H,1H2,2H3/b5-4-,17-10-. The Balaban J connectivity index is 1.97. The average Bonchev–Trinajstić information content (AvgIpc) is 3.18. The molecule has 0 aliphatic carbocycles. The first-order valence-electron chi connectivity index (χ1n) is 9.16. The molecule has 2 nitrogen and oxygen atoms in total. The van der Waals surface area contributed by atoms with Gasteiger partial charge in [-0.25, -0.2) is 0 Å². The van der Waals surface area contributed by atoms with Crippen LogP contribution in [0.15, 0.2) is 91.5 Å². The molecule has 2 heteroatoms. The Hall–Kier alpha value is -3.52. The summed E-state index contributed by atoms with van der Waals surface area (Å²) in [6.07, 6.45) is 9.91.